The van der Waals surface area contributed by atoms with Crippen LogP contribution in [0.3, 0.4) is 0 Å². The molecule has 0 spiro atoms. The maximum absolute atomic E-state index is 15.2. The Bertz CT molecular complexity index is 1980. The predicted octanol–water partition coefficient (Wildman–Crippen LogP) is 6.27. The Kier molecular flexibility index (Phi) is 8.64. The summed E-state index contributed by atoms with van der Waals surface area (Å²) in [5, 5.41) is 11.9. The number of ether oxygens (including phenoxy) is 2. The van der Waals surface area contributed by atoms with Crippen molar-refractivity contribution < 1.29 is 33.8 Å². The van der Waals surface area contributed by atoms with Crippen molar-refractivity contribution in [1.82, 2.24) is 9.91 Å². The average Bonchev–Trinajstić information content (AvgIpc) is 3.49. The van der Waals surface area contributed by atoms with Gasteiger partial charge < -0.3 is 14.6 Å². The minimum atomic E-state index is -1.46. The fourth-order valence-corrected chi connectivity index (χ4v) is 8.92. The van der Waals surface area contributed by atoms with Gasteiger partial charge in [-0.2, -0.15) is 5.01 Å². The van der Waals surface area contributed by atoms with E-state index < -0.39 is 46.8 Å². The largest absolute Gasteiger partial charge is 0.504 e. The lowest BCUT2D eigenvalue weighted by molar-refractivity contribution is -0.141. The fourth-order valence-electron chi connectivity index (χ4n) is 8.47. The molecule has 12 heteroatoms. The third-order valence-electron chi connectivity index (χ3n) is 10.7. The number of allylic oxidation sites excluding steroid dienone is 3. The lowest BCUT2D eigenvalue weighted by Crippen LogP contribution is -2.54. The number of aromatic hydroxyl groups is 1. The van der Waals surface area contributed by atoms with Crippen LogP contribution in [0.15, 0.2) is 78.4 Å². The van der Waals surface area contributed by atoms with Crippen molar-refractivity contribution in [2.75, 3.05) is 26.2 Å². The zero-order chi connectivity index (χ0) is 35.5. The van der Waals surface area contributed by atoms with Crippen LogP contribution in [0.25, 0.3) is 6.08 Å². The number of carbonyl (C=O) groups excluding carboxylic acids is 4. The van der Waals surface area contributed by atoms with Crippen LogP contribution in [0, 0.1) is 29.6 Å². The first-order valence-electron chi connectivity index (χ1n) is 16.4. The van der Waals surface area contributed by atoms with Gasteiger partial charge in [0.25, 0.3) is 11.8 Å². The predicted molar refractivity (Wildman–Crippen MR) is 187 cm³/mol. The molecule has 6 atom stereocenters. The Morgan fingerprint density at radius 1 is 0.940 bits per heavy atom. The van der Waals surface area contributed by atoms with E-state index in [0.29, 0.717) is 34.0 Å². The number of methoxy groups -OCH3 is 2. The molecule has 0 radical (unpaired) electrons. The summed E-state index contributed by atoms with van der Waals surface area (Å²) >= 11 is 12.7. The second-order valence-electron chi connectivity index (χ2n) is 13.0. The van der Waals surface area contributed by atoms with Crippen molar-refractivity contribution in [3.8, 4) is 17.2 Å². The number of nitrogens with one attached hydrogen (secondary N) is 1. The number of rotatable bonds is 8. The van der Waals surface area contributed by atoms with Gasteiger partial charge in [-0.1, -0.05) is 65.2 Å². The van der Waals surface area contributed by atoms with Gasteiger partial charge in [-0.3, -0.25) is 29.5 Å². The molecule has 1 saturated carbocycles. The van der Waals surface area contributed by atoms with Gasteiger partial charge >= 0.3 is 0 Å². The maximum Gasteiger partial charge on any atom is 0.260 e. The lowest BCUT2D eigenvalue weighted by Gasteiger charge is -2.49. The molecule has 0 bridgehead atoms. The second kappa shape index (κ2) is 12.8. The standard InChI is InChI=1S/C38H35Cl2N3O7/c1-4-42-34(45)25-13-12-24-26(33(25)36(42)47)19-28-35(46)43(41-30-15-9-22(39)18-29(30)40)37(48)38(28,21-7-10-23(49-2)11-8-21)27(24)14-5-20-6-16-31(44)32(17-20)50-3/h5-12,14-18,25-28,33,41,44H,4,13,19H2,1-3H3. The molecule has 4 amide bonds. The Hall–Kier alpha value is -4.80. The highest BCUT2D eigenvalue weighted by Gasteiger charge is 2.69. The fraction of sp³-hybridized carbons (Fsp3) is 0.316. The summed E-state index contributed by atoms with van der Waals surface area (Å²) in [5.41, 5.74) is 3.94. The van der Waals surface area contributed by atoms with Gasteiger partial charge in [0.2, 0.25) is 11.8 Å². The van der Waals surface area contributed by atoms with E-state index in [1.165, 1.54) is 24.1 Å². The number of benzene rings is 3. The first-order valence-corrected chi connectivity index (χ1v) is 17.2. The SMILES string of the molecule is CCN1C(=O)C2CC=C3C(CC4C(=O)N(Nc5ccc(Cl)cc5Cl)C(=O)C4(c4ccc(OC)cc4)C3C=Cc3ccc(O)c(OC)c3)C2C1=O. The molecule has 10 nitrogen and oxygen atoms in total. The van der Waals surface area contributed by atoms with Crippen LogP contribution < -0.4 is 14.9 Å². The molecule has 2 aliphatic heterocycles. The summed E-state index contributed by atoms with van der Waals surface area (Å²) in [7, 11) is 3.00. The van der Waals surface area contributed by atoms with Crippen molar-refractivity contribution in [1.29, 1.82) is 0 Å². The minimum Gasteiger partial charge on any atom is -0.504 e. The van der Waals surface area contributed by atoms with Crippen LogP contribution in [0.2, 0.25) is 10.0 Å². The molecule has 3 fully saturated rings. The van der Waals surface area contributed by atoms with Crippen molar-refractivity contribution >= 4 is 58.6 Å². The van der Waals surface area contributed by atoms with E-state index in [9.17, 15) is 19.5 Å². The second-order valence-corrected chi connectivity index (χ2v) is 13.8. The number of phenolic OH excluding ortho intramolecular Hbond substituents is 1. The number of amides is 4. The number of hydrogen-bond donors (Lipinski definition) is 2. The summed E-state index contributed by atoms with van der Waals surface area (Å²) in [4.78, 5) is 58.5. The number of anilines is 1. The Labute approximate surface area is 299 Å². The van der Waals surface area contributed by atoms with Gasteiger partial charge in [-0.25, -0.2) is 0 Å². The molecule has 6 unspecified atom stereocenters. The number of likely N-dealkylation sites (tertiary alicyclic amines) is 1. The smallest absolute Gasteiger partial charge is 0.260 e. The third kappa shape index (κ3) is 5.07. The number of halogens is 2. The normalized spacial score (nSPS) is 27.3. The maximum atomic E-state index is 15.2. The van der Waals surface area contributed by atoms with Crippen LogP contribution in [0.4, 0.5) is 5.69 Å². The summed E-state index contributed by atoms with van der Waals surface area (Å²) < 4.78 is 10.8. The molecule has 2 saturated heterocycles. The van der Waals surface area contributed by atoms with E-state index in [2.05, 4.69) is 5.43 Å². The van der Waals surface area contributed by atoms with Crippen LogP contribution in [-0.2, 0) is 24.6 Å². The minimum absolute atomic E-state index is 0.0257. The first kappa shape index (κ1) is 33.7. The molecule has 0 aromatic heterocycles. The molecule has 258 valence electrons. The van der Waals surface area contributed by atoms with Crippen LogP contribution in [0.5, 0.6) is 17.2 Å². The Morgan fingerprint density at radius 2 is 1.70 bits per heavy atom. The van der Waals surface area contributed by atoms with Crippen LogP contribution in [-0.4, -0.2) is 59.4 Å². The number of carbonyl (C=O) groups is 4. The number of phenols is 1. The molecule has 2 aliphatic carbocycles. The molecule has 50 heavy (non-hydrogen) atoms. The van der Waals surface area contributed by atoms with E-state index in [1.54, 1.807) is 62.6 Å². The summed E-state index contributed by atoms with van der Waals surface area (Å²) in [6.45, 7) is 2.04. The molecule has 2 heterocycles. The Morgan fingerprint density at radius 3 is 2.38 bits per heavy atom. The summed E-state index contributed by atoms with van der Waals surface area (Å²) in [6.07, 6.45) is 6.22. The highest BCUT2D eigenvalue weighted by molar-refractivity contribution is 6.36. The summed E-state index contributed by atoms with van der Waals surface area (Å²) in [5.74, 6) is -3.92. The number of hydrazine groups is 1. The zero-order valence-corrected chi connectivity index (χ0v) is 29.1. The third-order valence-corrected chi connectivity index (χ3v) is 11.3. The van der Waals surface area contributed by atoms with E-state index in [-0.39, 0.29) is 41.3 Å². The number of hydrogen-bond acceptors (Lipinski definition) is 8. The zero-order valence-electron chi connectivity index (χ0n) is 27.6. The van der Waals surface area contributed by atoms with Gasteiger partial charge in [0, 0.05) is 17.5 Å². The molecule has 2 N–H and O–H groups in total. The summed E-state index contributed by atoms with van der Waals surface area (Å²) in [6, 6.07) is 16.7. The van der Waals surface area contributed by atoms with Crippen molar-refractivity contribution in [2.24, 2.45) is 29.6 Å². The lowest BCUT2D eigenvalue weighted by atomic mass is 9.50. The molecule has 3 aromatic carbocycles. The first-order chi connectivity index (χ1) is 24.0. The van der Waals surface area contributed by atoms with Crippen molar-refractivity contribution in [2.45, 2.75) is 25.2 Å². The van der Waals surface area contributed by atoms with E-state index >= 15 is 4.79 Å². The van der Waals surface area contributed by atoms with E-state index in [4.69, 9.17) is 32.7 Å². The molecular formula is C38H35Cl2N3O7. The monoisotopic (exact) mass is 715 g/mol. The van der Waals surface area contributed by atoms with Crippen molar-refractivity contribution in [3.05, 3.63) is 99.6 Å². The highest BCUT2D eigenvalue weighted by atomic mass is 35.5. The van der Waals surface area contributed by atoms with Crippen LogP contribution >= 0.6 is 23.2 Å². The molecule has 3 aromatic rings. The molecule has 4 aliphatic rings. The average molecular weight is 717 g/mol. The highest BCUT2D eigenvalue weighted by Crippen LogP contribution is 2.61. The Balaban J connectivity index is 1.43. The van der Waals surface area contributed by atoms with Gasteiger partial charge in [-0.05, 0) is 79.3 Å². The van der Waals surface area contributed by atoms with Crippen molar-refractivity contribution in [3.63, 3.8) is 0 Å². The van der Waals surface area contributed by atoms with E-state index in [0.717, 1.165) is 10.6 Å². The van der Waals surface area contributed by atoms with Gasteiger partial charge in [0.1, 0.15) is 5.75 Å². The van der Waals surface area contributed by atoms with Gasteiger partial charge in [0.05, 0.1) is 48.1 Å². The number of imide groups is 2. The number of fused-ring (bicyclic) bond motifs is 4. The number of nitrogens with zero attached hydrogens (tertiary/aromatic N) is 2. The topological polar surface area (TPSA) is 125 Å². The quantitative estimate of drug-likeness (QED) is 0.207. The molecular weight excluding hydrogens is 681 g/mol. The molecule has 7 rings (SSSR count). The van der Waals surface area contributed by atoms with E-state index in [1.807, 2.05) is 18.2 Å². The van der Waals surface area contributed by atoms with Gasteiger partial charge in [-0.15, -0.1) is 0 Å². The van der Waals surface area contributed by atoms with Gasteiger partial charge in [0.15, 0.2) is 11.5 Å². The van der Waals surface area contributed by atoms with Crippen LogP contribution in [0.1, 0.15) is 30.9 Å².